The van der Waals surface area contributed by atoms with E-state index in [9.17, 15) is 4.39 Å². The molecule has 2 aromatic rings. The van der Waals surface area contributed by atoms with Gasteiger partial charge in [-0.3, -0.25) is 0 Å². The van der Waals surface area contributed by atoms with Gasteiger partial charge < -0.3 is 4.23 Å². The summed E-state index contributed by atoms with van der Waals surface area (Å²) in [6.45, 7) is 13.8. The topological polar surface area (TPSA) is 4.93 Å². The molecule has 2 rings (SSSR count). The van der Waals surface area contributed by atoms with Gasteiger partial charge in [0.15, 0.2) is 14.1 Å². The minimum Gasteiger partial charge on any atom is -0.373 e. The molecule has 0 radical (unpaired) electrons. The van der Waals surface area contributed by atoms with Crippen LogP contribution in [0.25, 0.3) is 10.9 Å². The van der Waals surface area contributed by atoms with Crippen LogP contribution in [0.3, 0.4) is 0 Å². The van der Waals surface area contributed by atoms with Crippen LogP contribution in [0, 0.1) is 5.82 Å². The van der Waals surface area contributed by atoms with E-state index in [2.05, 4.69) is 52.0 Å². The third-order valence-corrected chi connectivity index (χ3v) is 12.4. The Hall–Kier alpha value is -0.513. The standard InChI is InChI=1S/C17H24Cl2FNSi/c1-10(2)22(11(3)4,12(5)6)21-8-7-13-15(21)9-14(18)17(20)16(13)19/h7-12H,1-6H3. The average Bonchev–Trinajstić information content (AvgIpc) is 2.80. The fourth-order valence-corrected chi connectivity index (χ4v) is 11.5. The van der Waals surface area contributed by atoms with E-state index in [4.69, 9.17) is 23.2 Å². The molecule has 0 aliphatic rings. The third-order valence-electron chi connectivity index (χ3n) is 5.02. The highest BCUT2D eigenvalue weighted by molar-refractivity contribution is 6.82. The molecule has 22 heavy (non-hydrogen) atoms. The minimum atomic E-state index is -1.90. The summed E-state index contributed by atoms with van der Waals surface area (Å²) >= 11 is 12.2. The van der Waals surface area contributed by atoms with Crippen LogP contribution in [-0.4, -0.2) is 12.5 Å². The van der Waals surface area contributed by atoms with E-state index in [1.165, 1.54) is 0 Å². The zero-order chi connectivity index (χ0) is 16.8. The van der Waals surface area contributed by atoms with Crippen molar-refractivity contribution >= 4 is 42.3 Å². The van der Waals surface area contributed by atoms with Gasteiger partial charge in [-0.15, -0.1) is 0 Å². The quantitative estimate of drug-likeness (QED) is 0.404. The van der Waals surface area contributed by atoms with Crippen LogP contribution in [0.4, 0.5) is 4.39 Å². The molecule has 1 aromatic heterocycles. The van der Waals surface area contributed by atoms with Crippen LogP contribution in [0.5, 0.6) is 0 Å². The first kappa shape index (κ1) is 17.8. The molecular formula is C17H24Cl2FNSi. The van der Waals surface area contributed by atoms with Crippen molar-refractivity contribution in [3.05, 3.63) is 34.2 Å². The molecule has 0 aliphatic heterocycles. The van der Waals surface area contributed by atoms with Crippen LogP contribution < -0.4 is 0 Å². The second kappa shape index (κ2) is 6.18. The maximum atomic E-state index is 14.0. The summed E-state index contributed by atoms with van der Waals surface area (Å²) in [5.74, 6) is -0.528. The van der Waals surface area contributed by atoms with Gasteiger partial charge in [0.1, 0.15) is 0 Å². The van der Waals surface area contributed by atoms with Crippen molar-refractivity contribution in [2.24, 2.45) is 0 Å². The SMILES string of the molecule is CC(C)[Si](C(C)C)(C(C)C)n1ccc2c(Cl)c(F)c(Cl)cc21. The van der Waals surface area contributed by atoms with Crippen molar-refractivity contribution in [3.8, 4) is 0 Å². The molecule has 0 atom stereocenters. The Labute approximate surface area is 143 Å². The van der Waals surface area contributed by atoms with Crippen molar-refractivity contribution in [1.29, 1.82) is 0 Å². The van der Waals surface area contributed by atoms with Gasteiger partial charge in [0.25, 0.3) is 0 Å². The zero-order valence-electron chi connectivity index (χ0n) is 14.0. The minimum absolute atomic E-state index is 0.0941. The lowest BCUT2D eigenvalue weighted by Gasteiger charge is -2.44. The first-order valence-electron chi connectivity index (χ1n) is 7.80. The van der Waals surface area contributed by atoms with E-state index in [1.54, 1.807) is 6.07 Å². The van der Waals surface area contributed by atoms with Crippen LogP contribution in [0.15, 0.2) is 18.3 Å². The highest BCUT2D eigenvalue weighted by Gasteiger charge is 2.45. The molecule has 1 nitrogen and oxygen atoms in total. The smallest absolute Gasteiger partial charge is 0.169 e. The van der Waals surface area contributed by atoms with Gasteiger partial charge in [0, 0.05) is 10.9 Å². The van der Waals surface area contributed by atoms with E-state index in [0.717, 1.165) is 10.9 Å². The maximum Gasteiger partial charge on any atom is 0.169 e. The Morgan fingerprint density at radius 1 is 1.00 bits per heavy atom. The summed E-state index contributed by atoms with van der Waals surface area (Å²) < 4.78 is 16.4. The van der Waals surface area contributed by atoms with Crippen molar-refractivity contribution in [2.45, 2.75) is 58.2 Å². The number of nitrogens with zero attached hydrogens (tertiary/aromatic N) is 1. The fraction of sp³-hybridized carbons (Fsp3) is 0.529. The third kappa shape index (κ3) is 2.42. The molecule has 0 fully saturated rings. The fourth-order valence-electron chi connectivity index (χ4n) is 4.36. The number of hydrogen-bond acceptors (Lipinski definition) is 0. The van der Waals surface area contributed by atoms with Gasteiger partial charge in [-0.2, -0.15) is 0 Å². The normalized spacial score (nSPS) is 13.1. The van der Waals surface area contributed by atoms with Crippen molar-refractivity contribution in [3.63, 3.8) is 0 Å². The summed E-state index contributed by atoms with van der Waals surface area (Å²) in [6.07, 6.45) is 2.08. The number of fused-ring (bicyclic) bond motifs is 1. The molecule has 0 bridgehead atoms. The van der Waals surface area contributed by atoms with E-state index in [0.29, 0.717) is 16.6 Å². The highest BCUT2D eigenvalue weighted by atomic mass is 35.5. The zero-order valence-corrected chi connectivity index (χ0v) is 16.6. The lowest BCUT2D eigenvalue weighted by Crippen LogP contribution is -2.51. The number of rotatable bonds is 4. The van der Waals surface area contributed by atoms with Gasteiger partial charge in [-0.05, 0) is 35.0 Å². The van der Waals surface area contributed by atoms with E-state index in [-0.39, 0.29) is 10.0 Å². The van der Waals surface area contributed by atoms with Crippen LogP contribution in [-0.2, 0) is 0 Å². The number of aromatic nitrogens is 1. The lowest BCUT2D eigenvalue weighted by atomic mass is 10.2. The number of benzene rings is 1. The molecule has 1 heterocycles. The van der Waals surface area contributed by atoms with Crippen LogP contribution >= 0.6 is 23.2 Å². The Kier molecular flexibility index (Phi) is 5.01. The van der Waals surface area contributed by atoms with Crippen LogP contribution in [0.2, 0.25) is 26.7 Å². The first-order valence-corrected chi connectivity index (χ1v) is 10.7. The molecule has 0 unspecified atom stereocenters. The Bertz CT molecular complexity index is 670. The Balaban J connectivity index is 2.87. The van der Waals surface area contributed by atoms with Crippen molar-refractivity contribution < 1.29 is 4.39 Å². The molecule has 0 aliphatic carbocycles. The highest BCUT2D eigenvalue weighted by Crippen LogP contribution is 2.45. The number of halogens is 3. The summed E-state index contributed by atoms with van der Waals surface area (Å²) in [6, 6.07) is 3.65. The molecule has 0 spiro atoms. The first-order chi connectivity index (χ1) is 10.2. The van der Waals surface area contributed by atoms with Gasteiger partial charge in [-0.1, -0.05) is 64.7 Å². The van der Waals surface area contributed by atoms with E-state index >= 15 is 0 Å². The summed E-state index contributed by atoms with van der Waals surface area (Å²) in [5.41, 5.74) is 2.60. The Morgan fingerprint density at radius 3 is 1.95 bits per heavy atom. The van der Waals surface area contributed by atoms with Crippen molar-refractivity contribution in [2.75, 3.05) is 0 Å². The molecule has 0 N–H and O–H groups in total. The second-order valence-corrected chi connectivity index (χ2v) is 13.5. The molecule has 1 aromatic carbocycles. The monoisotopic (exact) mass is 359 g/mol. The molecule has 0 saturated carbocycles. The van der Waals surface area contributed by atoms with Gasteiger partial charge in [0.05, 0.1) is 10.0 Å². The van der Waals surface area contributed by atoms with Crippen LogP contribution in [0.1, 0.15) is 41.5 Å². The molecule has 0 amide bonds. The Morgan fingerprint density at radius 2 is 1.50 bits per heavy atom. The molecule has 0 saturated heterocycles. The summed E-state index contributed by atoms with van der Waals surface area (Å²) in [7, 11) is -1.90. The van der Waals surface area contributed by atoms with E-state index < -0.39 is 14.1 Å². The predicted molar refractivity (Wildman–Crippen MR) is 98.4 cm³/mol. The lowest BCUT2D eigenvalue weighted by molar-refractivity contribution is 0.630. The summed E-state index contributed by atoms with van der Waals surface area (Å²) in [4.78, 5) is 0. The molecule has 5 heteroatoms. The average molecular weight is 360 g/mol. The maximum absolute atomic E-state index is 14.0. The molecular weight excluding hydrogens is 336 g/mol. The predicted octanol–water partition coefficient (Wildman–Crippen LogP) is 7.11. The van der Waals surface area contributed by atoms with Crippen molar-refractivity contribution in [1.82, 2.24) is 4.23 Å². The largest absolute Gasteiger partial charge is 0.373 e. The molecule has 122 valence electrons. The van der Waals surface area contributed by atoms with Gasteiger partial charge in [0.2, 0.25) is 0 Å². The summed E-state index contributed by atoms with van der Waals surface area (Å²) in [5, 5.41) is 0.972. The second-order valence-electron chi connectivity index (χ2n) is 6.96. The number of hydrogen-bond donors (Lipinski definition) is 0. The van der Waals surface area contributed by atoms with Gasteiger partial charge >= 0.3 is 0 Å². The van der Waals surface area contributed by atoms with E-state index in [1.807, 2.05) is 6.07 Å². The van der Waals surface area contributed by atoms with Gasteiger partial charge in [-0.25, -0.2) is 4.39 Å².